The molecule has 2 aromatic rings. The van der Waals surface area contributed by atoms with Crippen LogP contribution in [0.1, 0.15) is 30.6 Å². The van der Waals surface area contributed by atoms with E-state index >= 15 is 0 Å². The predicted molar refractivity (Wildman–Crippen MR) is 89.6 cm³/mol. The fraction of sp³-hybridized carbons (Fsp3) is 0.312. The topological polar surface area (TPSA) is 84.2 Å². The lowest BCUT2D eigenvalue weighted by molar-refractivity contribution is -0.139. The molecule has 0 fully saturated rings. The number of carboxylic acids is 1. The molecule has 1 unspecified atom stereocenters. The molecule has 1 heterocycles. The number of carbonyl (C=O) groups excluding carboxylic acids is 1. The summed E-state index contributed by atoms with van der Waals surface area (Å²) in [5, 5.41) is 15.9. The Morgan fingerprint density at radius 3 is 2.74 bits per heavy atom. The molecule has 0 radical (unpaired) electrons. The number of amides is 1. The van der Waals surface area contributed by atoms with Gasteiger partial charge in [0.1, 0.15) is 6.04 Å². The molecule has 1 aromatic heterocycles. The highest BCUT2D eigenvalue weighted by Crippen LogP contribution is 2.15. The van der Waals surface area contributed by atoms with Crippen molar-refractivity contribution in [1.82, 2.24) is 15.1 Å². The summed E-state index contributed by atoms with van der Waals surface area (Å²) in [5.74, 6) is -1.31. The Hall–Kier alpha value is -2.15. The van der Waals surface area contributed by atoms with Crippen LogP contribution < -0.4 is 5.32 Å². The first-order chi connectivity index (χ1) is 10.9. The number of hydrogen-bond acceptors (Lipinski definition) is 3. The van der Waals surface area contributed by atoms with Gasteiger partial charge >= 0.3 is 5.97 Å². The zero-order valence-corrected chi connectivity index (χ0v) is 14.4. The van der Waals surface area contributed by atoms with Crippen LogP contribution in [0, 0.1) is 5.92 Å². The van der Waals surface area contributed by atoms with Crippen molar-refractivity contribution in [2.75, 3.05) is 0 Å². The monoisotopic (exact) mass is 379 g/mol. The number of carbonyl (C=O) groups is 2. The number of hydrogen-bond donors (Lipinski definition) is 2. The summed E-state index contributed by atoms with van der Waals surface area (Å²) in [5.41, 5.74) is 1.12. The molecule has 0 bridgehead atoms. The predicted octanol–water partition coefficient (Wildman–Crippen LogP) is 2.86. The molecule has 0 saturated heterocycles. The lowest BCUT2D eigenvalue weighted by atomic mass is 10.0. The highest BCUT2D eigenvalue weighted by molar-refractivity contribution is 9.10. The van der Waals surface area contributed by atoms with Gasteiger partial charge in [-0.3, -0.25) is 4.79 Å². The summed E-state index contributed by atoms with van der Waals surface area (Å²) in [6, 6.07) is 6.58. The molecule has 7 heteroatoms. The molecule has 122 valence electrons. The van der Waals surface area contributed by atoms with Gasteiger partial charge in [-0.25, -0.2) is 9.48 Å². The molecule has 0 aliphatic heterocycles. The summed E-state index contributed by atoms with van der Waals surface area (Å²) in [7, 11) is 0. The van der Waals surface area contributed by atoms with Crippen LogP contribution in [0.3, 0.4) is 0 Å². The maximum Gasteiger partial charge on any atom is 0.326 e. The molecule has 23 heavy (non-hydrogen) atoms. The van der Waals surface area contributed by atoms with E-state index in [1.165, 1.54) is 6.20 Å². The van der Waals surface area contributed by atoms with Gasteiger partial charge in [-0.15, -0.1) is 0 Å². The van der Waals surface area contributed by atoms with Crippen molar-refractivity contribution >= 4 is 27.8 Å². The average Bonchev–Trinajstić information content (AvgIpc) is 2.95. The van der Waals surface area contributed by atoms with Gasteiger partial charge in [-0.1, -0.05) is 35.8 Å². The Bertz CT molecular complexity index is 712. The highest BCUT2D eigenvalue weighted by atomic mass is 79.9. The van der Waals surface area contributed by atoms with Crippen molar-refractivity contribution in [2.24, 2.45) is 5.92 Å². The van der Waals surface area contributed by atoms with Crippen molar-refractivity contribution < 1.29 is 14.7 Å². The van der Waals surface area contributed by atoms with Gasteiger partial charge in [0.15, 0.2) is 0 Å². The van der Waals surface area contributed by atoms with E-state index in [-0.39, 0.29) is 5.92 Å². The second kappa shape index (κ2) is 7.41. The van der Waals surface area contributed by atoms with Gasteiger partial charge in [0, 0.05) is 10.7 Å². The van der Waals surface area contributed by atoms with E-state index in [2.05, 4.69) is 26.3 Å². The van der Waals surface area contributed by atoms with E-state index < -0.39 is 17.9 Å². The first kappa shape index (κ1) is 17.2. The molecule has 0 aliphatic carbocycles. The molecule has 1 amide bonds. The molecule has 0 aliphatic rings. The minimum atomic E-state index is -1.04. The van der Waals surface area contributed by atoms with Crippen LogP contribution in [0.15, 0.2) is 41.1 Å². The summed E-state index contributed by atoms with van der Waals surface area (Å²) < 4.78 is 2.47. The number of aromatic nitrogens is 2. The maximum absolute atomic E-state index is 12.2. The SMILES string of the molecule is CC(C)CC(NC(=O)c1cnn(-c2cccc(Br)c2)c1)C(=O)O. The van der Waals surface area contributed by atoms with Gasteiger partial charge in [0.2, 0.25) is 0 Å². The number of rotatable bonds is 6. The van der Waals surface area contributed by atoms with E-state index in [0.29, 0.717) is 12.0 Å². The van der Waals surface area contributed by atoms with Gasteiger partial charge < -0.3 is 10.4 Å². The van der Waals surface area contributed by atoms with E-state index in [9.17, 15) is 14.7 Å². The second-order valence-corrected chi connectivity index (χ2v) is 6.56. The maximum atomic E-state index is 12.2. The third kappa shape index (κ3) is 4.66. The van der Waals surface area contributed by atoms with Crippen molar-refractivity contribution in [1.29, 1.82) is 0 Å². The number of aliphatic carboxylic acids is 1. The summed E-state index contributed by atoms with van der Waals surface area (Å²) >= 11 is 3.38. The quantitative estimate of drug-likeness (QED) is 0.807. The Labute approximate surface area is 142 Å². The lowest BCUT2D eigenvalue weighted by Gasteiger charge is -2.15. The summed E-state index contributed by atoms with van der Waals surface area (Å²) in [4.78, 5) is 23.4. The number of benzene rings is 1. The van der Waals surface area contributed by atoms with E-state index in [1.807, 2.05) is 38.1 Å². The van der Waals surface area contributed by atoms with Crippen LogP contribution in [-0.2, 0) is 4.79 Å². The molecule has 0 saturated carbocycles. The lowest BCUT2D eigenvalue weighted by Crippen LogP contribution is -2.41. The molecule has 6 nitrogen and oxygen atoms in total. The smallest absolute Gasteiger partial charge is 0.326 e. The van der Waals surface area contributed by atoms with Crippen LogP contribution >= 0.6 is 15.9 Å². The fourth-order valence-corrected chi connectivity index (χ4v) is 2.52. The molecule has 1 aromatic carbocycles. The van der Waals surface area contributed by atoms with Crippen LogP contribution in [0.5, 0.6) is 0 Å². The number of nitrogens with zero attached hydrogens (tertiary/aromatic N) is 2. The highest BCUT2D eigenvalue weighted by Gasteiger charge is 2.22. The molecule has 2 N–H and O–H groups in total. The van der Waals surface area contributed by atoms with Crippen LogP contribution in [0.25, 0.3) is 5.69 Å². The number of carboxylic acid groups (broad SMARTS) is 1. The van der Waals surface area contributed by atoms with Crippen LogP contribution in [-0.4, -0.2) is 32.8 Å². The van der Waals surface area contributed by atoms with Crippen molar-refractivity contribution in [3.8, 4) is 5.69 Å². The van der Waals surface area contributed by atoms with Crippen molar-refractivity contribution in [3.63, 3.8) is 0 Å². The van der Waals surface area contributed by atoms with Gasteiger partial charge in [0.05, 0.1) is 17.4 Å². The van der Waals surface area contributed by atoms with Crippen molar-refractivity contribution in [3.05, 3.63) is 46.7 Å². The van der Waals surface area contributed by atoms with Crippen molar-refractivity contribution in [2.45, 2.75) is 26.3 Å². The average molecular weight is 380 g/mol. The molecular formula is C16H18BrN3O3. The largest absolute Gasteiger partial charge is 0.480 e. The van der Waals surface area contributed by atoms with Crippen LogP contribution in [0.4, 0.5) is 0 Å². The minimum Gasteiger partial charge on any atom is -0.480 e. The Morgan fingerprint density at radius 1 is 1.39 bits per heavy atom. The second-order valence-electron chi connectivity index (χ2n) is 5.65. The van der Waals surface area contributed by atoms with Gasteiger partial charge in [0.25, 0.3) is 5.91 Å². The third-order valence-corrected chi connectivity index (χ3v) is 3.72. The van der Waals surface area contributed by atoms with E-state index in [4.69, 9.17) is 0 Å². The third-order valence-electron chi connectivity index (χ3n) is 3.23. The van der Waals surface area contributed by atoms with E-state index in [1.54, 1.807) is 10.9 Å². The first-order valence-corrected chi connectivity index (χ1v) is 8.00. The normalized spacial score (nSPS) is 12.2. The molecule has 0 spiro atoms. The number of nitrogens with one attached hydrogen (secondary N) is 1. The Balaban J connectivity index is 2.13. The zero-order valence-electron chi connectivity index (χ0n) is 12.9. The molecular weight excluding hydrogens is 362 g/mol. The molecule has 2 rings (SSSR count). The van der Waals surface area contributed by atoms with Gasteiger partial charge in [-0.2, -0.15) is 5.10 Å². The molecule has 1 atom stereocenters. The van der Waals surface area contributed by atoms with E-state index in [0.717, 1.165) is 10.2 Å². The Kier molecular flexibility index (Phi) is 5.54. The standard InChI is InChI=1S/C16H18BrN3O3/c1-10(2)6-14(16(22)23)19-15(21)11-8-18-20(9-11)13-5-3-4-12(17)7-13/h3-5,7-10,14H,6H2,1-2H3,(H,19,21)(H,22,23). The zero-order chi connectivity index (χ0) is 17.0. The Morgan fingerprint density at radius 2 is 2.13 bits per heavy atom. The number of halogens is 1. The minimum absolute atomic E-state index is 0.167. The summed E-state index contributed by atoms with van der Waals surface area (Å²) in [6.45, 7) is 3.82. The van der Waals surface area contributed by atoms with Crippen LogP contribution in [0.2, 0.25) is 0 Å². The fourth-order valence-electron chi connectivity index (χ4n) is 2.13. The van der Waals surface area contributed by atoms with Gasteiger partial charge in [-0.05, 0) is 30.5 Å². The first-order valence-electron chi connectivity index (χ1n) is 7.21. The summed E-state index contributed by atoms with van der Waals surface area (Å²) in [6.07, 6.45) is 3.37.